The van der Waals surface area contributed by atoms with E-state index in [9.17, 15) is 0 Å². The minimum absolute atomic E-state index is 0.816. The van der Waals surface area contributed by atoms with Crippen LogP contribution in [0, 0.1) is 11.7 Å². The minimum atomic E-state index is 0.816. The molecule has 1 aromatic carbocycles. The molecular formula is C14H14N2S2. The zero-order valence-corrected chi connectivity index (χ0v) is 11.8. The second kappa shape index (κ2) is 4.71. The summed E-state index contributed by atoms with van der Waals surface area (Å²) >= 11 is 7.22. The molecule has 0 saturated carbocycles. The van der Waals surface area contributed by atoms with Gasteiger partial charge >= 0.3 is 0 Å². The Morgan fingerprint density at radius 1 is 1.28 bits per heavy atom. The van der Waals surface area contributed by atoms with Crippen molar-refractivity contribution in [1.82, 2.24) is 9.55 Å². The summed E-state index contributed by atoms with van der Waals surface area (Å²) in [6.07, 6.45) is 1.03. The fourth-order valence-electron chi connectivity index (χ4n) is 2.22. The lowest BCUT2D eigenvalue weighted by Crippen LogP contribution is -2.00. The molecule has 2 aromatic heterocycles. The van der Waals surface area contributed by atoms with Crippen LogP contribution in [-0.4, -0.2) is 9.55 Å². The highest BCUT2D eigenvalue weighted by Crippen LogP contribution is 2.19. The van der Waals surface area contributed by atoms with Crippen molar-refractivity contribution < 1.29 is 0 Å². The molecule has 3 rings (SSSR count). The molecule has 0 unspecified atom stereocenters. The normalized spacial score (nSPS) is 11.2. The van der Waals surface area contributed by atoms with E-state index in [0.717, 1.165) is 23.3 Å². The van der Waals surface area contributed by atoms with Gasteiger partial charge in [0.1, 0.15) is 0 Å². The number of rotatable bonds is 3. The van der Waals surface area contributed by atoms with E-state index in [1.54, 1.807) is 11.3 Å². The van der Waals surface area contributed by atoms with Gasteiger partial charge in [-0.1, -0.05) is 18.2 Å². The Morgan fingerprint density at radius 2 is 2.17 bits per heavy atom. The second-order valence-corrected chi connectivity index (χ2v) is 5.80. The number of aromatic amines is 1. The summed E-state index contributed by atoms with van der Waals surface area (Å²) in [5.41, 5.74) is 3.61. The van der Waals surface area contributed by atoms with Crippen LogP contribution >= 0.6 is 23.6 Å². The van der Waals surface area contributed by atoms with Crippen LogP contribution in [0.1, 0.15) is 10.4 Å². The van der Waals surface area contributed by atoms with Crippen molar-refractivity contribution in [2.75, 3.05) is 0 Å². The summed E-state index contributed by atoms with van der Waals surface area (Å²) in [6.45, 7) is 3.04. The summed E-state index contributed by atoms with van der Waals surface area (Å²) < 4.78 is 3.01. The summed E-state index contributed by atoms with van der Waals surface area (Å²) in [7, 11) is 0. The highest BCUT2D eigenvalue weighted by atomic mass is 32.1. The smallest absolute Gasteiger partial charge is 0.178 e. The molecule has 0 fully saturated rings. The van der Waals surface area contributed by atoms with E-state index >= 15 is 0 Å². The fraction of sp³-hybridized carbons (Fsp3) is 0.214. The average molecular weight is 274 g/mol. The first-order valence-corrected chi connectivity index (χ1v) is 7.25. The van der Waals surface area contributed by atoms with Gasteiger partial charge in [-0.25, -0.2) is 0 Å². The fourth-order valence-corrected chi connectivity index (χ4v) is 3.21. The Labute approximate surface area is 115 Å². The van der Waals surface area contributed by atoms with Crippen molar-refractivity contribution in [1.29, 1.82) is 0 Å². The van der Waals surface area contributed by atoms with Crippen molar-refractivity contribution in [3.8, 4) is 0 Å². The van der Waals surface area contributed by atoms with Gasteiger partial charge in [0.2, 0.25) is 0 Å². The molecule has 2 nitrogen and oxygen atoms in total. The quantitative estimate of drug-likeness (QED) is 0.706. The van der Waals surface area contributed by atoms with Crippen LogP contribution in [0.4, 0.5) is 0 Å². The van der Waals surface area contributed by atoms with Crippen molar-refractivity contribution in [2.24, 2.45) is 0 Å². The summed E-state index contributed by atoms with van der Waals surface area (Å²) in [5.74, 6) is 0. The molecule has 4 heteroatoms. The summed E-state index contributed by atoms with van der Waals surface area (Å²) in [4.78, 5) is 4.71. The maximum atomic E-state index is 5.42. The van der Waals surface area contributed by atoms with Crippen LogP contribution in [0.5, 0.6) is 0 Å². The van der Waals surface area contributed by atoms with Crippen molar-refractivity contribution in [3.05, 3.63) is 50.9 Å². The Kier molecular flexibility index (Phi) is 3.06. The van der Waals surface area contributed by atoms with E-state index in [1.807, 2.05) is 0 Å². The molecule has 0 amide bonds. The first-order valence-electron chi connectivity index (χ1n) is 5.96. The van der Waals surface area contributed by atoms with Gasteiger partial charge in [-0.15, -0.1) is 11.3 Å². The lowest BCUT2D eigenvalue weighted by atomic mass is 10.2. The standard InChI is InChI=1S/C14H14N2S2/c1-10-4-2-6-12-13(10)15-14(17)16(12)8-7-11-5-3-9-18-11/h2-6,9H,7-8H2,1H3,(H,15,17). The van der Waals surface area contributed by atoms with Gasteiger partial charge in [-0.2, -0.15) is 0 Å². The number of nitrogens with one attached hydrogen (secondary N) is 1. The molecule has 3 aromatic rings. The zero-order valence-electron chi connectivity index (χ0n) is 10.1. The van der Waals surface area contributed by atoms with E-state index in [2.05, 4.69) is 52.2 Å². The molecule has 0 radical (unpaired) electrons. The van der Waals surface area contributed by atoms with Crippen LogP contribution < -0.4 is 0 Å². The third-order valence-electron chi connectivity index (χ3n) is 3.18. The molecule has 0 spiro atoms. The molecule has 18 heavy (non-hydrogen) atoms. The number of para-hydroxylation sites is 1. The van der Waals surface area contributed by atoms with Gasteiger partial charge in [-0.05, 0) is 48.6 Å². The number of hydrogen-bond acceptors (Lipinski definition) is 2. The Morgan fingerprint density at radius 3 is 2.94 bits per heavy atom. The number of imidazole rings is 1. The second-order valence-electron chi connectivity index (χ2n) is 4.38. The summed E-state index contributed by atoms with van der Waals surface area (Å²) in [6, 6.07) is 10.6. The summed E-state index contributed by atoms with van der Waals surface area (Å²) in [5, 5.41) is 2.12. The number of hydrogen-bond donors (Lipinski definition) is 1. The predicted molar refractivity (Wildman–Crippen MR) is 79.9 cm³/mol. The molecule has 0 atom stereocenters. The largest absolute Gasteiger partial charge is 0.330 e. The van der Waals surface area contributed by atoms with Crippen LogP contribution in [0.25, 0.3) is 11.0 Å². The number of fused-ring (bicyclic) bond motifs is 1. The van der Waals surface area contributed by atoms with Crippen LogP contribution in [0.3, 0.4) is 0 Å². The van der Waals surface area contributed by atoms with Crippen molar-refractivity contribution >= 4 is 34.6 Å². The van der Waals surface area contributed by atoms with E-state index < -0.39 is 0 Å². The predicted octanol–water partition coefficient (Wildman–Crippen LogP) is 4.31. The zero-order chi connectivity index (χ0) is 12.5. The van der Waals surface area contributed by atoms with Crippen LogP contribution in [-0.2, 0) is 13.0 Å². The highest BCUT2D eigenvalue weighted by Gasteiger charge is 2.06. The highest BCUT2D eigenvalue weighted by molar-refractivity contribution is 7.71. The molecule has 0 aliphatic carbocycles. The lowest BCUT2D eigenvalue weighted by Gasteiger charge is -2.03. The molecule has 92 valence electrons. The Hall–Kier alpha value is -1.39. The topological polar surface area (TPSA) is 20.7 Å². The SMILES string of the molecule is Cc1cccc2c1[nH]c(=S)n2CCc1cccs1. The Balaban J connectivity index is 1.99. The molecule has 0 aliphatic rings. The molecule has 0 bridgehead atoms. The molecule has 2 heterocycles. The van der Waals surface area contributed by atoms with Crippen LogP contribution in [0.2, 0.25) is 0 Å². The third-order valence-corrected chi connectivity index (χ3v) is 4.44. The maximum absolute atomic E-state index is 5.42. The van der Waals surface area contributed by atoms with Crippen molar-refractivity contribution in [3.63, 3.8) is 0 Å². The van der Waals surface area contributed by atoms with E-state index in [4.69, 9.17) is 12.2 Å². The molecule has 0 saturated heterocycles. The van der Waals surface area contributed by atoms with E-state index in [0.29, 0.717) is 0 Å². The molecular weight excluding hydrogens is 260 g/mol. The third kappa shape index (κ3) is 2.02. The van der Waals surface area contributed by atoms with Gasteiger partial charge in [-0.3, -0.25) is 0 Å². The number of aryl methyl sites for hydroxylation is 3. The van der Waals surface area contributed by atoms with Crippen LogP contribution in [0.15, 0.2) is 35.7 Å². The monoisotopic (exact) mass is 274 g/mol. The molecule has 1 N–H and O–H groups in total. The van der Waals surface area contributed by atoms with Gasteiger partial charge < -0.3 is 9.55 Å². The first-order chi connectivity index (χ1) is 8.75. The maximum Gasteiger partial charge on any atom is 0.178 e. The molecule has 0 aliphatic heterocycles. The van der Waals surface area contributed by atoms with Gasteiger partial charge in [0.05, 0.1) is 11.0 Å². The minimum Gasteiger partial charge on any atom is -0.330 e. The average Bonchev–Trinajstić information content (AvgIpc) is 2.95. The van der Waals surface area contributed by atoms with Gasteiger partial charge in [0, 0.05) is 11.4 Å². The van der Waals surface area contributed by atoms with Crippen molar-refractivity contribution in [2.45, 2.75) is 19.9 Å². The Bertz CT molecular complexity index is 720. The number of H-pyrrole nitrogens is 1. The van der Waals surface area contributed by atoms with E-state index in [-0.39, 0.29) is 0 Å². The van der Waals surface area contributed by atoms with E-state index in [1.165, 1.54) is 16.0 Å². The van der Waals surface area contributed by atoms with Gasteiger partial charge in [0.15, 0.2) is 4.77 Å². The first kappa shape index (κ1) is 11.7. The number of nitrogens with zero attached hydrogens (tertiary/aromatic N) is 1. The number of benzene rings is 1. The number of thiophene rings is 1. The lowest BCUT2D eigenvalue weighted by molar-refractivity contribution is 0.712. The number of aromatic nitrogens is 2. The van der Waals surface area contributed by atoms with Gasteiger partial charge in [0.25, 0.3) is 0 Å².